The van der Waals surface area contributed by atoms with Crippen LogP contribution < -0.4 is 5.32 Å². The number of carbonyl (C=O) groups excluding carboxylic acids is 1. The Morgan fingerprint density at radius 1 is 1.71 bits per heavy atom. The fraction of sp³-hybridized carbons (Fsp3) is 0.556. The minimum Gasteiger partial charge on any atom is -0.351 e. The summed E-state index contributed by atoms with van der Waals surface area (Å²) in [5.41, 5.74) is 1.55. The summed E-state index contributed by atoms with van der Waals surface area (Å²) in [6.07, 6.45) is 2.55. The first-order valence-electron chi connectivity index (χ1n) is 4.55. The Morgan fingerprint density at radius 2 is 2.43 bits per heavy atom. The molecule has 1 rings (SSSR count). The molecule has 0 saturated carbocycles. The highest BCUT2D eigenvalue weighted by molar-refractivity contribution is 14.1. The van der Waals surface area contributed by atoms with Crippen LogP contribution in [0.1, 0.15) is 23.0 Å². The van der Waals surface area contributed by atoms with Crippen LogP contribution in [0.3, 0.4) is 0 Å². The van der Waals surface area contributed by atoms with E-state index in [-0.39, 0.29) is 5.91 Å². The summed E-state index contributed by atoms with van der Waals surface area (Å²) in [7, 11) is 1.83. The summed E-state index contributed by atoms with van der Waals surface area (Å²) in [6, 6.07) is 0. The first kappa shape index (κ1) is 11.5. The van der Waals surface area contributed by atoms with Crippen molar-refractivity contribution in [3.05, 3.63) is 17.5 Å². The fourth-order valence-electron chi connectivity index (χ4n) is 1.24. The molecule has 1 amide bonds. The third kappa shape index (κ3) is 2.70. The third-order valence-corrected chi connectivity index (χ3v) is 2.40. The molecule has 0 fully saturated rings. The van der Waals surface area contributed by atoms with Gasteiger partial charge >= 0.3 is 0 Å². The molecule has 0 atom stereocenters. The third-order valence-electron chi connectivity index (χ3n) is 1.86. The maximum atomic E-state index is 11.6. The molecule has 0 saturated heterocycles. The van der Waals surface area contributed by atoms with Gasteiger partial charge in [0.1, 0.15) is 0 Å². The monoisotopic (exact) mass is 307 g/mol. The molecule has 0 aliphatic heterocycles. The van der Waals surface area contributed by atoms with E-state index in [2.05, 4.69) is 33.0 Å². The molecule has 1 N–H and O–H groups in total. The van der Waals surface area contributed by atoms with Gasteiger partial charge in [-0.2, -0.15) is 5.10 Å². The Morgan fingerprint density at radius 3 is 3.00 bits per heavy atom. The zero-order valence-electron chi connectivity index (χ0n) is 8.38. The number of carbonyl (C=O) groups is 1. The van der Waals surface area contributed by atoms with Crippen molar-refractivity contribution in [3.8, 4) is 0 Å². The number of hydrogen-bond donors (Lipinski definition) is 1. The molecule has 0 aromatic carbocycles. The van der Waals surface area contributed by atoms with Crippen molar-refractivity contribution in [2.75, 3.05) is 11.0 Å². The van der Waals surface area contributed by atoms with Gasteiger partial charge in [0.25, 0.3) is 5.91 Å². The van der Waals surface area contributed by atoms with Gasteiger partial charge in [0.15, 0.2) is 0 Å². The van der Waals surface area contributed by atoms with Gasteiger partial charge in [0.05, 0.1) is 11.3 Å². The molecule has 0 unspecified atom stereocenters. The van der Waals surface area contributed by atoms with Crippen LogP contribution in [0.2, 0.25) is 0 Å². The van der Waals surface area contributed by atoms with Crippen LogP contribution in [0, 0.1) is 0 Å². The summed E-state index contributed by atoms with van der Waals surface area (Å²) in [4.78, 5) is 11.6. The van der Waals surface area contributed by atoms with Crippen molar-refractivity contribution in [1.29, 1.82) is 0 Å². The van der Waals surface area contributed by atoms with E-state index in [9.17, 15) is 4.79 Å². The molecule has 0 spiro atoms. The van der Waals surface area contributed by atoms with Gasteiger partial charge in [0.2, 0.25) is 0 Å². The lowest BCUT2D eigenvalue weighted by atomic mass is 10.2. The number of hydrogen-bond acceptors (Lipinski definition) is 2. The van der Waals surface area contributed by atoms with Gasteiger partial charge in [0, 0.05) is 24.2 Å². The minimum atomic E-state index is -0.0217. The standard InChI is InChI=1S/C9H14IN3O/c1-3-8-7(6-13(2)12-8)9(14)11-5-4-10/h6H,3-5H2,1-2H3,(H,11,14). The summed E-state index contributed by atoms with van der Waals surface area (Å²) in [5, 5.41) is 7.05. The van der Waals surface area contributed by atoms with Gasteiger partial charge in [-0.3, -0.25) is 9.48 Å². The van der Waals surface area contributed by atoms with Crippen molar-refractivity contribution in [1.82, 2.24) is 15.1 Å². The molecule has 14 heavy (non-hydrogen) atoms. The average molecular weight is 307 g/mol. The van der Waals surface area contributed by atoms with Crippen LogP contribution in [0.5, 0.6) is 0 Å². The van der Waals surface area contributed by atoms with E-state index in [4.69, 9.17) is 0 Å². The Hall–Kier alpha value is -0.590. The molecule has 0 aliphatic rings. The summed E-state index contributed by atoms with van der Waals surface area (Å²) in [6.45, 7) is 2.70. The summed E-state index contributed by atoms with van der Waals surface area (Å²) in [5.74, 6) is -0.0217. The molecule has 0 bridgehead atoms. The van der Waals surface area contributed by atoms with Crippen LogP contribution in [0.4, 0.5) is 0 Å². The largest absolute Gasteiger partial charge is 0.351 e. The highest BCUT2D eigenvalue weighted by atomic mass is 127. The van der Waals surface area contributed by atoms with Crippen LogP contribution in [-0.4, -0.2) is 26.7 Å². The predicted octanol–water partition coefficient (Wildman–Crippen LogP) is 1.15. The Bertz CT molecular complexity index is 322. The van der Waals surface area contributed by atoms with Crippen LogP contribution in [0.15, 0.2) is 6.20 Å². The zero-order chi connectivity index (χ0) is 10.6. The van der Waals surface area contributed by atoms with E-state index in [1.54, 1.807) is 10.9 Å². The van der Waals surface area contributed by atoms with Crippen molar-refractivity contribution < 1.29 is 4.79 Å². The number of nitrogens with zero attached hydrogens (tertiary/aromatic N) is 2. The molecule has 5 heteroatoms. The second-order valence-electron chi connectivity index (χ2n) is 2.96. The maximum Gasteiger partial charge on any atom is 0.254 e. The van der Waals surface area contributed by atoms with E-state index in [1.165, 1.54) is 0 Å². The number of rotatable bonds is 4. The lowest BCUT2D eigenvalue weighted by Crippen LogP contribution is -2.25. The van der Waals surface area contributed by atoms with Gasteiger partial charge in [-0.15, -0.1) is 0 Å². The van der Waals surface area contributed by atoms with Crippen molar-refractivity contribution in [3.63, 3.8) is 0 Å². The Labute approximate surface area is 97.2 Å². The Kier molecular flexibility index (Phi) is 4.37. The van der Waals surface area contributed by atoms with E-state index >= 15 is 0 Å². The van der Waals surface area contributed by atoms with Gasteiger partial charge in [-0.25, -0.2) is 0 Å². The van der Waals surface area contributed by atoms with E-state index in [0.717, 1.165) is 16.5 Å². The number of nitrogens with one attached hydrogen (secondary N) is 1. The first-order chi connectivity index (χ1) is 6.69. The second kappa shape index (κ2) is 5.33. The zero-order valence-corrected chi connectivity index (χ0v) is 10.5. The number of amides is 1. The van der Waals surface area contributed by atoms with Gasteiger partial charge in [-0.05, 0) is 6.42 Å². The van der Waals surface area contributed by atoms with Gasteiger partial charge < -0.3 is 5.32 Å². The highest BCUT2D eigenvalue weighted by Crippen LogP contribution is 2.06. The first-order valence-corrected chi connectivity index (χ1v) is 6.08. The van der Waals surface area contributed by atoms with E-state index in [0.29, 0.717) is 12.1 Å². The molecular formula is C9H14IN3O. The molecule has 1 heterocycles. The quantitative estimate of drug-likeness (QED) is 0.670. The lowest BCUT2D eigenvalue weighted by Gasteiger charge is -2.01. The Balaban J connectivity index is 2.77. The maximum absolute atomic E-state index is 11.6. The second-order valence-corrected chi connectivity index (χ2v) is 4.04. The molecule has 78 valence electrons. The molecule has 1 aromatic rings. The van der Waals surface area contributed by atoms with Gasteiger partial charge in [-0.1, -0.05) is 29.5 Å². The predicted molar refractivity (Wildman–Crippen MR) is 63.8 cm³/mol. The number of aryl methyl sites for hydroxylation is 2. The minimum absolute atomic E-state index is 0.0217. The number of alkyl halides is 1. The van der Waals surface area contributed by atoms with E-state index in [1.807, 2.05) is 14.0 Å². The van der Waals surface area contributed by atoms with Crippen molar-refractivity contribution >= 4 is 28.5 Å². The van der Waals surface area contributed by atoms with E-state index < -0.39 is 0 Å². The normalized spacial score (nSPS) is 10.2. The van der Waals surface area contributed by atoms with Crippen molar-refractivity contribution in [2.24, 2.45) is 7.05 Å². The van der Waals surface area contributed by atoms with Crippen LogP contribution >= 0.6 is 22.6 Å². The molecular weight excluding hydrogens is 293 g/mol. The van der Waals surface area contributed by atoms with Crippen molar-refractivity contribution in [2.45, 2.75) is 13.3 Å². The summed E-state index contributed by atoms with van der Waals surface area (Å²) >= 11 is 2.23. The summed E-state index contributed by atoms with van der Waals surface area (Å²) < 4.78 is 2.60. The van der Waals surface area contributed by atoms with Crippen LogP contribution in [0.25, 0.3) is 0 Å². The molecule has 1 aromatic heterocycles. The fourth-order valence-corrected chi connectivity index (χ4v) is 1.51. The number of halogens is 1. The molecule has 0 aliphatic carbocycles. The lowest BCUT2D eigenvalue weighted by molar-refractivity contribution is 0.0955. The topological polar surface area (TPSA) is 46.9 Å². The highest BCUT2D eigenvalue weighted by Gasteiger charge is 2.12. The smallest absolute Gasteiger partial charge is 0.254 e. The number of aromatic nitrogens is 2. The molecule has 4 nitrogen and oxygen atoms in total. The van der Waals surface area contributed by atoms with Crippen LogP contribution in [-0.2, 0) is 13.5 Å². The average Bonchev–Trinajstić information content (AvgIpc) is 2.56. The molecule has 0 radical (unpaired) electrons. The SMILES string of the molecule is CCc1nn(C)cc1C(=O)NCCI.